The van der Waals surface area contributed by atoms with E-state index >= 15 is 0 Å². The maximum atomic E-state index is 13.0. The number of amides is 2. The minimum atomic E-state index is -4.70. The van der Waals surface area contributed by atoms with Gasteiger partial charge in [-0.15, -0.1) is 11.3 Å². The van der Waals surface area contributed by atoms with Crippen molar-refractivity contribution in [3.05, 3.63) is 57.0 Å². The number of hydrogen-bond acceptors (Lipinski definition) is 9. The summed E-state index contributed by atoms with van der Waals surface area (Å²) in [6.07, 6.45) is -0.647. The number of rotatable bonds is 9. The predicted molar refractivity (Wildman–Crippen MR) is 124 cm³/mol. The number of nitrogens with zero attached hydrogens (tertiary/aromatic N) is 4. The summed E-state index contributed by atoms with van der Waals surface area (Å²) < 4.78 is 39.0. The molecule has 0 spiro atoms. The lowest BCUT2D eigenvalue weighted by atomic mass is 10.2. The molecular formula is C20H20ClF3N8O2S. The van der Waals surface area contributed by atoms with E-state index in [1.165, 1.54) is 18.6 Å². The average Bonchev–Trinajstić information content (AvgIpc) is 3.31. The summed E-state index contributed by atoms with van der Waals surface area (Å²) in [5, 5.41) is 7.87. The molecule has 5 N–H and O–H groups in total. The fourth-order valence-electron chi connectivity index (χ4n) is 2.72. The van der Waals surface area contributed by atoms with E-state index in [1.54, 1.807) is 6.92 Å². The topological polar surface area (TPSA) is 148 Å². The van der Waals surface area contributed by atoms with Crippen LogP contribution >= 0.6 is 22.9 Å². The minimum absolute atomic E-state index is 0.111. The Morgan fingerprint density at radius 2 is 1.89 bits per heavy atom. The number of halogens is 4. The molecule has 0 aliphatic carbocycles. The largest absolute Gasteiger partial charge is 0.418 e. The fourth-order valence-corrected chi connectivity index (χ4v) is 3.75. The van der Waals surface area contributed by atoms with Crippen LogP contribution in [0.3, 0.4) is 0 Å². The van der Waals surface area contributed by atoms with Crippen LogP contribution in [-0.2, 0) is 6.18 Å². The summed E-state index contributed by atoms with van der Waals surface area (Å²) >= 11 is 6.51. The fraction of sp³-hybridized carbons (Fsp3) is 0.300. The first-order valence-electron chi connectivity index (χ1n) is 10.1. The minimum Gasteiger partial charge on any atom is -0.370 e. The number of pyridine rings is 1. The molecule has 0 saturated carbocycles. The quantitative estimate of drug-likeness (QED) is 0.308. The van der Waals surface area contributed by atoms with Gasteiger partial charge in [0.15, 0.2) is 0 Å². The zero-order valence-electron chi connectivity index (χ0n) is 18.2. The molecule has 3 rings (SSSR count). The molecule has 186 valence electrons. The van der Waals surface area contributed by atoms with Crippen molar-refractivity contribution >= 4 is 46.4 Å². The number of aromatic nitrogens is 4. The summed E-state index contributed by atoms with van der Waals surface area (Å²) in [6, 6.07) is 1.56. The maximum absolute atomic E-state index is 13.0. The summed E-state index contributed by atoms with van der Waals surface area (Å²) in [5.41, 5.74) is 4.46. The van der Waals surface area contributed by atoms with Crippen LogP contribution in [0.25, 0.3) is 0 Å². The van der Waals surface area contributed by atoms with Crippen LogP contribution in [0.5, 0.6) is 0 Å². The van der Waals surface area contributed by atoms with Gasteiger partial charge in [-0.3, -0.25) is 9.59 Å². The Kier molecular flexibility index (Phi) is 8.53. The molecule has 0 fully saturated rings. The van der Waals surface area contributed by atoms with Gasteiger partial charge in [-0.05, 0) is 26.0 Å². The van der Waals surface area contributed by atoms with Crippen molar-refractivity contribution < 1.29 is 22.8 Å². The molecule has 0 aromatic carbocycles. The Hall–Kier alpha value is -3.36. The molecule has 0 aliphatic heterocycles. The van der Waals surface area contributed by atoms with E-state index in [0.29, 0.717) is 30.0 Å². The second-order valence-electron chi connectivity index (χ2n) is 7.12. The molecule has 1 unspecified atom stereocenters. The van der Waals surface area contributed by atoms with Gasteiger partial charge in [-0.1, -0.05) is 11.6 Å². The van der Waals surface area contributed by atoms with Gasteiger partial charge in [0.25, 0.3) is 11.8 Å². The molecule has 10 nitrogen and oxygen atoms in total. The number of alkyl halides is 3. The monoisotopic (exact) mass is 528 g/mol. The molecule has 35 heavy (non-hydrogen) atoms. The molecule has 0 aliphatic rings. The molecule has 3 aromatic rings. The van der Waals surface area contributed by atoms with Gasteiger partial charge in [-0.25, -0.2) is 19.9 Å². The highest BCUT2D eigenvalue weighted by Crippen LogP contribution is 2.35. The molecule has 1 atom stereocenters. The Balaban J connectivity index is 1.63. The van der Waals surface area contributed by atoms with Crippen molar-refractivity contribution in [2.75, 3.05) is 23.7 Å². The number of carbonyl (C=O) groups excluding carboxylic acids is 2. The normalized spacial score (nSPS) is 12.2. The Morgan fingerprint density at radius 1 is 1.11 bits per heavy atom. The maximum Gasteiger partial charge on any atom is 0.418 e. The van der Waals surface area contributed by atoms with E-state index in [9.17, 15) is 22.8 Å². The summed E-state index contributed by atoms with van der Waals surface area (Å²) in [7, 11) is 0. The van der Waals surface area contributed by atoms with Crippen molar-refractivity contribution in [2.45, 2.75) is 25.6 Å². The summed E-state index contributed by atoms with van der Waals surface area (Å²) in [6.45, 7) is 2.77. The Bertz CT molecular complexity index is 1210. The van der Waals surface area contributed by atoms with Crippen LogP contribution in [0.4, 0.5) is 24.8 Å². The third-order valence-electron chi connectivity index (χ3n) is 4.45. The van der Waals surface area contributed by atoms with Crippen LogP contribution in [0.1, 0.15) is 50.1 Å². The summed E-state index contributed by atoms with van der Waals surface area (Å²) in [4.78, 5) is 41.0. The van der Waals surface area contributed by atoms with Gasteiger partial charge >= 0.3 is 6.18 Å². The standard InChI is InChI=1S/C20H20ClF3N8O2S/c1-10(31-17(33)13-6-15(30-9-29-13)26-4-2-3-25)19-28-8-14(35-19)18(34)32-16-5-11(20(22,23)24)12(21)7-27-16/h5-10H,2-4,25H2,1H3,(H,31,33)(H,26,29,30)(H,27,32,34). The number of anilines is 2. The van der Waals surface area contributed by atoms with Gasteiger partial charge in [0.1, 0.15) is 33.5 Å². The van der Waals surface area contributed by atoms with Gasteiger partial charge in [0.2, 0.25) is 0 Å². The molecule has 0 bridgehead atoms. The number of carbonyl (C=O) groups is 2. The van der Waals surface area contributed by atoms with Crippen LogP contribution in [0.2, 0.25) is 5.02 Å². The second kappa shape index (κ2) is 11.4. The van der Waals surface area contributed by atoms with Gasteiger partial charge in [-0.2, -0.15) is 13.2 Å². The van der Waals surface area contributed by atoms with E-state index in [-0.39, 0.29) is 16.4 Å². The molecule has 2 amide bonds. The third kappa shape index (κ3) is 7.07. The van der Waals surface area contributed by atoms with Crippen molar-refractivity contribution in [3.63, 3.8) is 0 Å². The van der Waals surface area contributed by atoms with Crippen LogP contribution in [0.15, 0.2) is 30.9 Å². The van der Waals surface area contributed by atoms with E-state index in [0.717, 1.165) is 24.0 Å². The number of hydrogen-bond donors (Lipinski definition) is 4. The first-order valence-corrected chi connectivity index (χ1v) is 11.3. The van der Waals surface area contributed by atoms with Crippen LogP contribution < -0.4 is 21.7 Å². The van der Waals surface area contributed by atoms with Gasteiger partial charge < -0.3 is 21.7 Å². The smallest absolute Gasteiger partial charge is 0.370 e. The first-order chi connectivity index (χ1) is 16.6. The highest BCUT2D eigenvalue weighted by molar-refractivity contribution is 7.13. The molecule has 3 aromatic heterocycles. The third-order valence-corrected chi connectivity index (χ3v) is 5.93. The zero-order chi connectivity index (χ0) is 25.6. The number of nitrogens with one attached hydrogen (secondary N) is 3. The van der Waals surface area contributed by atoms with E-state index in [4.69, 9.17) is 17.3 Å². The zero-order valence-corrected chi connectivity index (χ0v) is 19.8. The van der Waals surface area contributed by atoms with E-state index in [1.807, 2.05) is 0 Å². The van der Waals surface area contributed by atoms with Crippen molar-refractivity contribution in [3.8, 4) is 0 Å². The lowest BCUT2D eigenvalue weighted by Crippen LogP contribution is -2.27. The summed E-state index contributed by atoms with van der Waals surface area (Å²) in [5.74, 6) is -1.03. The molecule has 0 saturated heterocycles. The van der Waals surface area contributed by atoms with Gasteiger partial charge in [0.05, 0.1) is 22.8 Å². The van der Waals surface area contributed by atoms with E-state index in [2.05, 4.69) is 35.9 Å². The highest BCUT2D eigenvalue weighted by Gasteiger charge is 2.34. The second-order valence-corrected chi connectivity index (χ2v) is 8.59. The van der Waals surface area contributed by atoms with Crippen molar-refractivity contribution in [2.24, 2.45) is 5.73 Å². The predicted octanol–water partition coefficient (Wildman–Crippen LogP) is 3.50. The van der Waals surface area contributed by atoms with Crippen LogP contribution in [0, 0.1) is 0 Å². The SMILES string of the molecule is CC(NC(=O)c1cc(NCCCN)ncn1)c1ncc(C(=O)Nc2cc(C(F)(F)F)c(Cl)cn2)s1. The molecule has 3 heterocycles. The lowest BCUT2D eigenvalue weighted by molar-refractivity contribution is -0.137. The van der Waals surface area contributed by atoms with Crippen molar-refractivity contribution in [1.82, 2.24) is 25.3 Å². The van der Waals surface area contributed by atoms with Crippen LogP contribution in [-0.4, -0.2) is 44.8 Å². The molecule has 0 radical (unpaired) electrons. The Labute approximate surface area is 206 Å². The molecule has 15 heteroatoms. The highest BCUT2D eigenvalue weighted by atomic mass is 35.5. The van der Waals surface area contributed by atoms with Crippen molar-refractivity contribution in [1.29, 1.82) is 0 Å². The van der Waals surface area contributed by atoms with E-state index < -0.39 is 34.6 Å². The number of thiazole rings is 1. The van der Waals surface area contributed by atoms with Gasteiger partial charge in [0, 0.05) is 18.8 Å². The average molecular weight is 529 g/mol. The number of nitrogens with two attached hydrogens (primary N) is 1. The Morgan fingerprint density at radius 3 is 2.60 bits per heavy atom. The molecular weight excluding hydrogens is 509 g/mol. The lowest BCUT2D eigenvalue weighted by Gasteiger charge is -2.11. The first kappa shape index (κ1) is 26.2.